The number of aryl methyl sites for hydroxylation is 1. The van der Waals surface area contributed by atoms with E-state index in [-0.39, 0.29) is 0 Å². The lowest BCUT2D eigenvalue weighted by atomic mass is 9.92. The van der Waals surface area contributed by atoms with Gasteiger partial charge < -0.3 is 9.84 Å². The molecule has 4 heteroatoms. The molecule has 0 aliphatic rings. The van der Waals surface area contributed by atoms with E-state index < -0.39 is 18.0 Å². The SMILES string of the molecule is CCC(C(=O)OC)C(O)c1cnccc1C. The third-order valence-electron chi connectivity index (χ3n) is 2.72. The Morgan fingerprint density at radius 3 is 2.81 bits per heavy atom. The number of rotatable bonds is 4. The summed E-state index contributed by atoms with van der Waals surface area (Å²) in [6.07, 6.45) is 2.92. The van der Waals surface area contributed by atoms with Gasteiger partial charge in [0.1, 0.15) is 0 Å². The summed E-state index contributed by atoms with van der Waals surface area (Å²) < 4.78 is 4.67. The Hall–Kier alpha value is -1.42. The number of hydrogen-bond donors (Lipinski definition) is 1. The maximum Gasteiger partial charge on any atom is 0.311 e. The number of aliphatic hydroxyl groups is 1. The van der Waals surface area contributed by atoms with Gasteiger partial charge in [0.15, 0.2) is 0 Å². The highest BCUT2D eigenvalue weighted by molar-refractivity contribution is 5.73. The third kappa shape index (κ3) is 2.58. The Kier molecular flexibility index (Phi) is 4.43. The second-order valence-corrected chi connectivity index (χ2v) is 3.72. The minimum Gasteiger partial charge on any atom is -0.469 e. The summed E-state index contributed by atoms with van der Waals surface area (Å²) in [7, 11) is 1.33. The van der Waals surface area contributed by atoms with Crippen molar-refractivity contribution in [3.05, 3.63) is 29.6 Å². The van der Waals surface area contributed by atoms with E-state index in [2.05, 4.69) is 9.72 Å². The normalized spacial score (nSPS) is 14.2. The Morgan fingerprint density at radius 2 is 2.31 bits per heavy atom. The molecule has 0 bridgehead atoms. The highest BCUT2D eigenvalue weighted by atomic mass is 16.5. The molecule has 0 aliphatic heterocycles. The van der Waals surface area contributed by atoms with Crippen LogP contribution in [0.1, 0.15) is 30.6 Å². The van der Waals surface area contributed by atoms with Gasteiger partial charge in [-0.15, -0.1) is 0 Å². The van der Waals surface area contributed by atoms with Crippen LogP contribution in [-0.2, 0) is 9.53 Å². The number of aromatic nitrogens is 1. The van der Waals surface area contributed by atoms with Crippen molar-refractivity contribution in [2.75, 3.05) is 7.11 Å². The molecule has 16 heavy (non-hydrogen) atoms. The number of nitrogens with zero attached hydrogens (tertiary/aromatic N) is 1. The fourth-order valence-electron chi connectivity index (χ4n) is 1.67. The zero-order valence-electron chi connectivity index (χ0n) is 9.80. The molecule has 0 amide bonds. The monoisotopic (exact) mass is 223 g/mol. The highest BCUT2D eigenvalue weighted by Gasteiger charge is 2.28. The topological polar surface area (TPSA) is 59.4 Å². The summed E-state index contributed by atoms with van der Waals surface area (Å²) >= 11 is 0. The van der Waals surface area contributed by atoms with Gasteiger partial charge in [0.05, 0.1) is 19.1 Å². The molecule has 1 heterocycles. The number of hydrogen-bond acceptors (Lipinski definition) is 4. The molecule has 0 radical (unpaired) electrons. The second kappa shape index (κ2) is 5.61. The number of aliphatic hydroxyl groups excluding tert-OH is 1. The molecule has 2 unspecified atom stereocenters. The fourth-order valence-corrected chi connectivity index (χ4v) is 1.67. The van der Waals surface area contributed by atoms with Gasteiger partial charge in [0, 0.05) is 18.0 Å². The summed E-state index contributed by atoms with van der Waals surface area (Å²) in [4.78, 5) is 15.4. The summed E-state index contributed by atoms with van der Waals surface area (Å²) in [5, 5.41) is 10.1. The highest BCUT2D eigenvalue weighted by Crippen LogP contribution is 2.27. The minimum absolute atomic E-state index is 0.391. The first-order valence-electron chi connectivity index (χ1n) is 5.28. The van der Waals surface area contributed by atoms with Gasteiger partial charge in [-0.3, -0.25) is 9.78 Å². The minimum atomic E-state index is -0.855. The van der Waals surface area contributed by atoms with Crippen LogP contribution in [0.5, 0.6) is 0 Å². The van der Waals surface area contributed by atoms with Crippen LogP contribution in [0.2, 0.25) is 0 Å². The van der Waals surface area contributed by atoms with Crippen molar-refractivity contribution in [3.63, 3.8) is 0 Å². The van der Waals surface area contributed by atoms with Gasteiger partial charge in [0.25, 0.3) is 0 Å². The predicted octanol–water partition coefficient (Wildman–Crippen LogP) is 1.62. The Morgan fingerprint density at radius 1 is 1.62 bits per heavy atom. The van der Waals surface area contributed by atoms with Crippen molar-refractivity contribution in [1.82, 2.24) is 4.98 Å². The molecule has 1 aromatic heterocycles. The molecular weight excluding hydrogens is 206 g/mol. The lowest BCUT2D eigenvalue weighted by Crippen LogP contribution is -2.23. The van der Waals surface area contributed by atoms with Crippen molar-refractivity contribution in [1.29, 1.82) is 0 Å². The molecule has 1 N–H and O–H groups in total. The Labute approximate surface area is 95.3 Å². The number of methoxy groups -OCH3 is 1. The average molecular weight is 223 g/mol. The van der Waals surface area contributed by atoms with Crippen LogP contribution in [-0.4, -0.2) is 23.2 Å². The first-order valence-corrected chi connectivity index (χ1v) is 5.28. The number of carbonyl (C=O) groups excluding carboxylic acids is 1. The lowest BCUT2D eigenvalue weighted by molar-refractivity contribution is -0.149. The molecule has 2 atom stereocenters. The maximum absolute atomic E-state index is 11.5. The number of carbonyl (C=O) groups is 1. The van der Waals surface area contributed by atoms with Gasteiger partial charge in [-0.1, -0.05) is 6.92 Å². The molecule has 0 aromatic carbocycles. The molecule has 1 aromatic rings. The second-order valence-electron chi connectivity index (χ2n) is 3.72. The Bertz CT molecular complexity index is 365. The fraction of sp³-hybridized carbons (Fsp3) is 0.500. The van der Waals surface area contributed by atoms with Crippen molar-refractivity contribution >= 4 is 5.97 Å². The van der Waals surface area contributed by atoms with Gasteiger partial charge in [-0.05, 0) is 25.0 Å². The zero-order valence-corrected chi connectivity index (χ0v) is 9.80. The van der Waals surface area contributed by atoms with E-state index in [1.165, 1.54) is 7.11 Å². The van der Waals surface area contributed by atoms with Gasteiger partial charge >= 0.3 is 5.97 Å². The van der Waals surface area contributed by atoms with Crippen LogP contribution in [0.3, 0.4) is 0 Å². The molecule has 0 saturated heterocycles. The standard InChI is InChI=1S/C12H17NO3/c1-4-9(12(15)16-3)11(14)10-7-13-6-5-8(10)2/h5-7,9,11,14H,4H2,1-3H3. The van der Waals surface area contributed by atoms with Gasteiger partial charge in [-0.2, -0.15) is 0 Å². The van der Waals surface area contributed by atoms with Crippen LogP contribution >= 0.6 is 0 Å². The van der Waals surface area contributed by atoms with E-state index in [0.29, 0.717) is 12.0 Å². The van der Waals surface area contributed by atoms with Crippen molar-refractivity contribution < 1.29 is 14.6 Å². The average Bonchev–Trinajstić information content (AvgIpc) is 2.30. The molecular formula is C12H17NO3. The van der Waals surface area contributed by atoms with Crippen LogP contribution in [0.4, 0.5) is 0 Å². The van der Waals surface area contributed by atoms with Crippen molar-refractivity contribution in [2.45, 2.75) is 26.4 Å². The first-order chi connectivity index (χ1) is 7.61. The number of esters is 1. The van der Waals surface area contributed by atoms with Crippen LogP contribution in [0.25, 0.3) is 0 Å². The summed E-state index contributed by atoms with van der Waals surface area (Å²) in [5.41, 5.74) is 1.60. The maximum atomic E-state index is 11.5. The van der Waals surface area contributed by atoms with E-state index in [9.17, 15) is 9.90 Å². The van der Waals surface area contributed by atoms with Crippen LogP contribution in [0.15, 0.2) is 18.5 Å². The molecule has 1 rings (SSSR count). The number of ether oxygens (including phenoxy) is 1. The van der Waals surface area contributed by atoms with E-state index in [0.717, 1.165) is 5.56 Å². The van der Waals surface area contributed by atoms with Crippen LogP contribution in [0, 0.1) is 12.8 Å². The van der Waals surface area contributed by atoms with Crippen LogP contribution < -0.4 is 0 Å². The van der Waals surface area contributed by atoms with E-state index >= 15 is 0 Å². The molecule has 0 fully saturated rings. The van der Waals surface area contributed by atoms with Crippen molar-refractivity contribution in [2.24, 2.45) is 5.92 Å². The molecule has 0 aliphatic carbocycles. The molecule has 0 saturated carbocycles. The zero-order chi connectivity index (χ0) is 12.1. The predicted molar refractivity (Wildman–Crippen MR) is 59.7 cm³/mol. The molecule has 4 nitrogen and oxygen atoms in total. The summed E-state index contributed by atoms with van der Waals surface area (Å²) in [6, 6.07) is 1.81. The van der Waals surface area contributed by atoms with Crippen molar-refractivity contribution in [3.8, 4) is 0 Å². The largest absolute Gasteiger partial charge is 0.469 e. The van der Waals surface area contributed by atoms with E-state index in [4.69, 9.17) is 0 Å². The third-order valence-corrected chi connectivity index (χ3v) is 2.72. The summed E-state index contributed by atoms with van der Waals surface area (Å²) in [5.74, 6) is -0.925. The van der Waals surface area contributed by atoms with Gasteiger partial charge in [-0.25, -0.2) is 0 Å². The van der Waals surface area contributed by atoms with E-state index in [1.807, 2.05) is 19.9 Å². The van der Waals surface area contributed by atoms with E-state index in [1.54, 1.807) is 12.4 Å². The van der Waals surface area contributed by atoms with Gasteiger partial charge in [0.2, 0.25) is 0 Å². The molecule has 0 spiro atoms. The lowest BCUT2D eigenvalue weighted by Gasteiger charge is -2.20. The Balaban J connectivity index is 2.95. The summed E-state index contributed by atoms with van der Waals surface area (Å²) in [6.45, 7) is 3.72. The first kappa shape index (κ1) is 12.6. The number of pyridine rings is 1. The quantitative estimate of drug-likeness (QED) is 0.788. The molecule has 88 valence electrons. The smallest absolute Gasteiger partial charge is 0.311 e.